The molecule has 1 aliphatic carbocycles. The van der Waals surface area contributed by atoms with E-state index in [1.807, 2.05) is 0 Å². The van der Waals surface area contributed by atoms with E-state index >= 15 is 0 Å². The third-order valence-corrected chi connectivity index (χ3v) is 4.62. The van der Waals surface area contributed by atoms with Crippen molar-refractivity contribution in [2.24, 2.45) is 4.99 Å². The minimum atomic E-state index is -2.90. The maximum atomic E-state index is 12.4. The first-order chi connectivity index (χ1) is 11.1. The Morgan fingerprint density at radius 1 is 1.30 bits per heavy atom. The normalized spacial score (nSPS) is 22.3. The van der Waals surface area contributed by atoms with E-state index in [0.717, 1.165) is 12.8 Å². The van der Waals surface area contributed by atoms with E-state index in [1.165, 1.54) is 30.7 Å². The fourth-order valence-corrected chi connectivity index (χ4v) is 3.52. The summed E-state index contributed by atoms with van der Waals surface area (Å²) in [5, 5.41) is 3.31. The van der Waals surface area contributed by atoms with Gasteiger partial charge in [-0.2, -0.15) is 8.78 Å². The van der Waals surface area contributed by atoms with E-state index in [0.29, 0.717) is 15.6 Å². The highest BCUT2D eigenvalue weighted by Crippen LogP contribution is 2.31. The lowest BCUT2D eigenvalue weighted by molar-refractivity contribution is -0.115. The lowest BCUT2D eigenvalue weighted by Crippen LogP contribution is -2.21. The Bertz CT molecular complexity index is 655. The molecule has 7 heteroatoms. The number of hydrogen-bond acceptors (Lipinski definition) is 4. The van der Waals surface area contributed by atoms with Gasteiger partial charge in [-0.15, -0.1) is 0 Å². The Labute approximate surface area is 137 Å². The first-order valence-corrected chi connectivity index (χ1v) is 8.26. The van der Waals surface area contributed by atoms with Crippen LogP contribution in [0.25, 0.3) is 6.08 Å². The minimum absolute atomic E-state index is 0.0459. The topological polar surface area (TPSA) is 50.7 Å². The van der Waals surface area contributed by atoms with Crippen molar-refractivity contribution in [1.82, 2.24) is 5.32 Å². The molecule has 1 heterocycles. The number of amides is 1. The molecule has 122 valence electrons. The van der Waals surface area contributed by atoms with Crippen LogP contribution in [-0.4, -0.2) is 23.7 Å². The lowest BCUT2D eigenvalue weighted by Gasteiger charge is -2.07. The summed E-state index contributed by atoms with van der Waals surface area (Å²) in [6.07, 6.45) is 5.98. The molecule has 1 amide bonds. The Morgan fingerprint density at radius 3 is 2.78 bits per heavy atom. The van der Waals surface area contributed by atoms with Crippen LogP contribution in [0, 0.1) is 0 Å². The largest absolute Gasteiger partial charge is 0.434 e. The van der Waals surface area contributed by atoms with Crippen LogP contribution < -0.4 is 10.1 Å². The number of nitrogens with one attached hydrogen (secondary N) is 1. The zero-order valence-electron chi connectivity index (χ0n) is 12.3. The van der Waals surface area contributed by atoms with E-state index in [2.05, 4.69) is 15.0 Å². The number of para-hydroxylation sites is 1. The van der Waals surface area contributed by atoms with Crippen molar-refractivity contribution in [3.63, 3.8) is 0 Å². The van der Waals surface area contributed by atoms with Gasteiger partial charge >= 0.3 is 6.61 Å². The third-order valence-electron chi connectivity index (χ3n) is 3.70. The summed E-state index contributed by atoms with van der Waals surface area (Å²) in [6, 6.07) is 6.66. The second-order valence-electron chi connectivity index (χ2n) is 5.35. The highest BCUT2D eigenvalue weighted by atomic mass is 32.2. The fourth-order valence-electron chi connectivity index (χ4n) is 2.63. The molecule has 1 saturated heterocycles. The smallest absolute Gasteiger partial charge is 0.387 e. The molecule has 1 aliphatic heterocycles. The maximum Gasteiger partial charge on any atom is 0.387 e. The number of benzene rings is 1. The van der Waals surface area contributed by atoms with Crippen LogP contribution in [0.4, 0.5) is 8.78 Å². The van der Waals surface area contributed by atoms with Crippen molar-refractivity contribution in [2.45, 2.75) is 38.3 Å². The quantitative estimate of drug-likeness (QED) is 0.850. The summed E-state index contributed by atoms with van der Waals surface area (Å²) in [7, 11) is 0. The molecule has 0 aromatic heterocycles. The Balaban J connectivity index is 1.79. The van der Waals surface area contributed by atoms with Crippen LogP contribution in [0.3, 0.4) is 0 Å². The van der Waals surface area contributed by atoms with Crippen LogP contribution in [0.2, 0.25) is 0 Å². The molecule has 2 aliphatic rings. The second-order valence-corrected chi connectivity index (χ2v) is 6.38. The van der Waals surface area contributed by atoms with Gasteiger partial charge in [-0.05, 0) is 36.7 Å². The number of rotatable bonds is 4. The predicted molar refractivity (Wildman–Crippen MR) is 86.5 cm³/mol. The summed E-state index contributed by atoms with van der Waals surface area (Å²) in [6.45, 7) is -2.90. The molecule has 3 rings (SSSR count). The van der Waals surface area contributed by atoms with Crippen LogP contribution in [0.5, 0.6) is 5.75 Å². The monoisotopic (exact) mass is 338 g/mol. The highest BCUT2D eigenvalue weighted by Gasteiger charge is 2.26. The van der Waals surface area contributed by atoms with Gasteiger partial charge in [-0.25, -0.2) is 0 Å². The molecule has 4 nitrogen and oxygen atoms in total. The number of aliphatic imine (C=N–C) groups is 1. The van der Waals surface area contributed by atoms with Gasteiger partial charge in [-0.3, -0.25) is 9.79 Å². The maximum absolute atomic E-state index is 12.4. The van der Waals surface area contributed by atoms with Crippen LogP contribution in [0.15, 0.2) is 34.2 Å². The molecular weight excluding hydrogens is 322 g/mol. The van der Waals surface area contributed by atoms with Gasteiger partial charge in [0.2, 0.25) is 0 Å². The summed E-state index contributed by atoms with van der Waals surface area (Å²) in [5.74, 6) is -0.219. The molecule has 1 aromatic rings. The number of carbonyl (C=O) groups excluding carboxylic acids is 1. The number of amidine groups is 1. The van der Waals surface area contributed by atoms with Gasteiger partial charge in [0.15, 0.2) is 5.17 Å². The van der Waals surface area contributed by atoms with Crippen molar-refractivity contribution in [3.05, 3.63) is 34.7 Å². The number of nitrogens with zero attached hydrogens (tertiary/aromatic N) is 1. The van der Waals surface area contributed by atoms with E-state index in [-0.39, 0.29) is 17.7 Å². The molecule has 1 N–H and O–H groups in total. The molecule has 1 saturated carbocycles. The third kappa shape index (κ3) is 4.10. The van der Waals surface area contributed by atoms with Crippen LogP contribution in [-0.2, 0) is 4.79 Å². The predicted octanol–water partition coefficient (Wildman–Crippen LogP) is 3.79. The Kier molecular flexibility index (Phi) is 4.95. The molecule has 0 bridgehead atoms. The summed E-state index contributed by atoms with van der Waals surface area (Å²) in [4.78, 5) is 17.0. The number of ether oxygens (including phenoxy) is 1. The molecule has 0 radical (unpaired) electrons. The molecule has 0 atom stereocenters. The number of thioether (sulfide) groups is 1. The van der Waals surface area contributed by atoms with E-state index in [4.69, 9.17) is 0 Å². The van der Waals surface area contributed by atoms with Crippen molar-refractivity contribution >= 4 is 28.9 Å². The molecule has 23 heavy (non-hydrogen) atoms. The molecule has 0 spiro atoms. The molecular formula is C16H16F2N2O2S. The molecule has 2 fully saturated rings. The first kappa shape index (κ1) is 16.0. The Hall–Kier alpha value is -1.89. The molecule has 1 aromatic carbocycles. The highest BCUT2D eigenvalue weighted by molar-refractivity contribution is 8.18. The number of halogens is 2. The van der Waals surface area contributed by atoms with E-state index < -0.39 is 6.61 Å². The van der Waals surface area contributed by atoms with Gasteiger partial charge in [-0.1, -0.05) is 31.0 Å². The van der Waals surface area contributed by atoms with Crippen molar-refractivity contribution in [2.75, 3.05) is 0 Å². The van der Waals surface area contributed by atoms with E-state index in [9.17, 15) is 13.6 Å². The van der Waals surface area contributed by atoms with Crippen molar-refractivity contribution < 1.29 is 18.3 Å². The van der Waals surface area contributed by atoms with Gasteiger partial charge < -0.3 is 10.1 Å². The van der Waals surface area contributed by atoms with Gasteiger partial charge in [0.05, 0.1) is 10.9 Å². The number of alkyl halides is 2. The first-order valence-electron chi connectivity index (χ1n) is 7.44. The summed E-state index contributed by atoms with van der Waals surface area (Å²) >= 11 is 1.24. The van der Waals surface area contributed by atoms with Crippen molar-refractivity contribution in [3.8, 4) is 5.75 Å². The van der Waals surface area contributed by atoms with Crippen LogP contribution in [0.1, 0.15) is 31.2 Å². The number of hydrogen-bond donors (Lipinski definition) is 1. The zero-order valence-corrected chi connectivity index (χ0v) is 13.1. The number of carbonyl (C=O) groups is 1. The average molecular weight is 338 g/mol. The van der Waals surface area contributed by atoms with Gasteiger partial charge in [0.25, 0.3) is 5.91 Å². The zero-order chi connectivity index (χ0) is 16.2. The van der Waals surface area contributed by atoms with Gasteiger partial charge in [0, 0.05) is 5.56 Å². The SMILES string of the molecule is O=C1NC(=NC2CCCC2)S/C1=C\c1ccccc1OC(F)F. The second kappa shape index (κ2) is 7.12. The fraction of sp³-hybridized carbons (Fsp3) is 0.375. The average Bonchev–Trinajstić information content (AvgIpc) is 3.11. The summed E-state index contributed by atoms with van der Waals surface area (Å²) < 4.78 is 29.3. The van der Waals surface area contributed by atoms with Crippen molar-refractivity contribution in [1.29, 1.82) is 0 Å². The Morgan fingerprint density at radius 2 is 2.04 bits per heavy atom. The minimum Gasteiger partial charge on any atom is -0.434 e. The van der Waals surface area contributed by atoms with Crippen LogP contribution >= 0.6 is 11.8 Å². The molecule has 0 unspecified atom stereocenters. The van der Waals surface area contributed by atoms with Gasteiger partial charge in [0.1, 0.15) is 5.75 Å². The van der Waals surface area contributed by atoms with E-state index in [1.54, 1.807) is 24.3 Å². The standard InChI is InChI=1S/C16H16F2N2O2S/c17-15(18)22-12-8-4-1-5-10(12)9-13-14(21)20-16(23-13)19-11-6-2-3-7-11/h1,4-5,8-9,11,15H,2-3,6-7H2,(H,19,20,21)/b13-9-. The summed E-state index contributed by atoms with van der Waals surface area (Å²) in [5.41, 5.74) is 0.438. The lowest BCUT2D eigenvalue weighted by atomic mass is 10.2.